The fourth-order valence-corrected chi connectivity index (χ4v) is 4.08. The van der Waals surface area contributed by atoms with Gasteiger partial charge in [-0.2, -0.15) is 5.10 Å². The van der Waals surface area contributed by atoms with Gasteiger partial charge in [-0.25, -0.2) is 16.3 Å². The number of thioether (sulfide) groups is 1. The molecule has 3 aromatic carbocycles. The molecular weight excluding hydrogens is 396 g/mol. The molecule has 154 valence electrons. The molecule has 1 aliphatic rings. The highest BCUT2D eigenvalue weighted by Crippen LogP contribution is 2.36. The Bertz CT molecular complexity index is 1070. The third-order valence-electron chi connectivity index (χ3n) is 5.22. The maximum absolute atomic E-state index is 12.6. The van der Waals surface area contributed by atoms with E-state index in [1.807, 2.05) is 54.8 Å². The summed E-state index contributed by atoms with van der Waals surface area (Å²) in [5.41, 5.74) is 11.0. The van der Waals surface area contributed by atoms with Crippen LogP contribution in [0.15, 0.2) is 70.7 Å². The molecule has 0 radical (unpaired) electrons. The summed E-state index contributed by atoms with van der Waals surface area (Å²) in [6.07, 6.45) is 4.27. The number of carbonyl (C=O) groups excluding carboxylic acids is 1. The molecule has 0 aliphatic carbocycles. The van der Waals surface area contributed by atoms with Crippen LogP contribution < -0.4 is 21.0 Å². The third kappa shape index (κ3) is 4.33. The van der Waals surface area contributed by atoms with Crippen LogP contribution in [0.2, 0.25) is 0 Å². The van der Waals surface area contributed by atoms with Crippen molar-refractivity contribution in [2.45, 2.75) is 23.4 Å². The average molecular weight is 421 g/mol. The SMILES string of the molecule is COc1ccc2ccccc2c1C1CC(C(=O)N/N=C/c2ccc(SC)cc2)NN1. The van der Waals surface area contributed by atoms with Crippen LogP contribution in [0.5, 0.6) is 5.75 Å². The quantitative estimate of drug-likeness (QED) is 0.323. The van der Waals surface area contributed by atoms with Crippen molar-refractivity contribution in [3.63, 3.8) is 0 Å². The molecule has 0 bridgehead atoms. The van der Waals surface area contributed by atoms with Gasteiger partial charge < -0.3 is 4.74 Å². The van der Waals surface area contributed by atoms with Gasteiger partial charge in [-0.05, 0) is 47.2 Å². The summed E-state index contributed by atoms with van der Waals surface area (Å²) in [6, 6.07) is 19.8. The number of hydrogen-bond acceptors (Lipinski definition) is 6. The van der Waals surface area contributed by atoms with Crippen LogP contribution in [0.3, 0.4) is 0 Å². The van der Waals surface area contributed by atoms with Crippen molar-refractivity contribution in [3.8, 4) is 5.75 Å². The van der Waals surface area contributed by atoms with Gasteiger partial charge >= 0.3 is 0 Å². The Balaban J connectivity index is 1.43. The van der Waals surface area contributed by atoms with Crippen molar-refractivity contribution in [2.24, 2.45) is 5.10 Å². The molecule has 0 spiro atoms. The summed E-state index contributed by atoms with van der Waals surface area (Å²) in [6.45, 7) is 0. The number of hydrazone groups is 1. The van der Waals surface area contributed by atoms with Gasteiger partial charge in [0.05, 0.1) is 19.4 Å². The largest absolute Gasteiger partial charge is 0.496 e. The van der Waals surface area contributed by atoms with Gasteiger partial charge in [0.2, 0.25) is 0 Å². The summed E-state index contributed by atoms with van der Waals surface area (Å²) in [5.74, 6) is 0.627. The second kappa shape index (κ2) is 9.30. The molecule has 2 atom stereocenters. The summed E-state index contributed by atoms with van der Waals surface area (Å²) >= 11 is 1.69. The lowest BCUT2D eigenvalue weighted by Gasteiger charge is -2.17. The number of benzene rings is 3. The zero-order valence-electron chi connectivity index (χ0n) is 16.9. The number of nitrogens with zero attached hydrogens (tertiary/aromatic N) is 1. The van der Waals surface area contributed by atoms with Crippen molar-refractivity contribution in [2.75, 3.05) is 13.4 Å². The van der Waals surface area contributed by atoms with Crippen LogP contribution in [-0.4, -0.2) is 31.5 Å². The summed E-state index contributed by atoms with van der Waals surface area (Å²) in [7, 11) is 1.67. The van der Waals surface area contributed by atoms with E-state index in [1.165, 1.54) is 4.90 Å². The van der Waals surface area contributed by atoms with Crippen LogP contribution >= 0.6 is 11.8 Å². The number of ether oxygens (including phenoxy) is 1. The van der Waals surface area contributed by atoms with Crippen LogP contribution in [0, 0.1) is 0 Å². The topological polar surface area (TPSA) is 74.8 Å². The predicted molar refractivity (Wildman–Crippen MR) is 122 cm³/mol. The van der Waals surface area contributed by atoms with Gasteiger partial charge in [-0.15, -0.1) is 11.8 Å². The molecule has 6 nitrogen and oxygen atoms in total. The lowest BCUT2D eigenvalue weighted by Crippen LogP contribution is -2.41. The fraction of sp³-hybridized carbons (Fsp3) is 0.217. The first-order chi connectivity index (χ1) is 14.7. The number of fused-ring (bicyclic) bond motifs is 1. The Morgan fingerprint density at radius 3 is 2.70 bits per heavy atom. The van der Waals surface area contributed by atoms with Crippen LogP contribution in [0.4, 0.5) is 0 Å². The van der Waals surface area contributed by atoms with Gasteiger partial charge in [0.25, 0.3) is 5.91 Å². The van der Waals surface area contributed by atoms with Gasteiger partial charge in [0.15, 0.2) is 0 Å². The second-order valence-corrected chi connectivity index (χ2v) is 7.92. The van der Waals surface area contributed by atoms with Crippen LogP contribution in [-0.2, 0) is 4.79 Å². The van der Waals surface area contributed by atoms with E-state index < -0.39 is 6.04 Å². The smallest absolute Gasteiger partial charge is 0.258 e. The molecule has 2 unspecified atom stereocenters. The molecular formula is C23H24N4O2S. The van der Waals surface area contributed by atoms with Crippen molar-refractivity contribution >= 4 is 34.7 Å². The standard InChI is InChI=1S/C23H24N4O2S/c1-29-21-12-9-16-5-3-4-6-18(16)22(21)19-13-20(26-25-19)23(28)27-24-14-15-7-10-17(30-2)11-8-15/h3-12,14,19-20,25-26H,13H2,1-2H3,(H,27,28)/b24-14+. The highest BCUT2D eigenvalue weighted by molar-refractivity contribution is 7.98. The molecule has 4 rings (SSSR count). The van der Waals surface area contributed by atoms with Crippen molar-refractivity contribution in [3.05, 3.63) is 71.8 Å². The predicted octanol–water partition coefficient (Wildman–Crippen LogP) is 3.63. The summed E-state index contributed by atoms with van der Waals surface area (Å²) < 4.78 is 5.60. The zero-order chi connectivity index (χ0) is 20.9. The Morgan fingerprint density at radius 1 is 1.13 bits per heavy atom. The maximum atomic E-state index is 12.6. The molecule has 1 fully saturated rings. The van der Waals surface area contributed by atoms with E-state index in [2.05, 4.69) is 33.5 Å². The normalized spacial score (nSPS) is 18.7. The molecule has 3 aromatic rings. The van der Waals surface area contributed by atoms with Gasteiger partial charge in [-0.1, -0.05) is 42.5 Å². The highest BCUT2D eigenvalue weighted by atomic mass is 32.2. The molecule has 30 heavy (non-hydrogen) atoms. The van der Waals surface area contributed by atoms with Crippen LogP contribution in [0.1, 0.15) is 23.6 Å². The van der Waals surface area contributed by atoms with E-state index >= 15 is 0 Å². The number of hydrogen-bond donors (Lipinski definition) is 3. The van der Waals surface area contributed by atoms with Crippen molar-refractivity contribution < 1.29 is 9.53 Å². The first-order valence-corrected chi connectivity index (χ1v) is 11.0. The van der Waals surface area contributed by atoms with E-state index in [0.29, 0.717) is 6.42 Å². The van der Waals surface area contributed by atoms with Crippen molar-refractivity contribution in [1.82, 2.24) is 16.3 Å². The van der Waals surface area contributed by atoms with E-state index in [9.17, 15) is 4.79 Å². The maximum Gasteiger partial charge on any atom is 0.258 e. The highest BCUT2D eigenvalue weighted by Gasteiger charge is 2.32. The van der Waals surface area contributed by atoms with E-state index in [4.69, 9.17) is 4.74 Å². The minimum absolute atomic E-state index is 0.0510. The molecule has 1 heterocycles. The molecule has 7 heteroatoms. The van der Waals surface area contributed by atoms with E-state index in [0.717, 1.165) is 27.6 Å². The summed E-state index contributed by atoms with van der Waals surface area (Å²) in [4.78, 5) is 13.8. The third-order valence-corrected chi connectivity index (χ3v) is 5.97. The fourth-order valence-electron chi connectivity index (χ4n) is 3.67. The van der Waals surface area contributed by atoms with Gasteiger partial charge in [0, 0.05) is 10.5 Å². The number of methoxy groups -OCH3 is 1. The lowest BCUT2D eigenvalue weighted by atomic mass is 9.95. The molecule has 0 aromatic heterocycles. The number of hydrazine groups is 1. The molecule has 1 saturated heterocycles. The number of amides is 1. The average Bonchev–Trinajstić information content (AvgIpc) is 3.28. The Labute approximate surface area is 180 Å². The molecule has 3 N–H and O–H groups in total. The number of rotatable bonds is 6. The Hall–Kier alpha value is -2.87. The van der Waals surface area contributed by atoms with Crippen molar-refractivity contribution in [1.29, 1.82) is 0 Å². The Morgan fingerprint density at radius 2 is 1.93 bits per heavy atom. The minimum atomic E-state index is -0.394. The van der Waals surface area contributed by atoms with E-state index in [1.54, 1.807) is 25.1 Å². The summed E-state index contributed by atoms with van der Waals surface area (Å²) in [5, 5.41) is 6.35. The number of nitrogens with one attached hydrogen (secondary N) is 3. The monoisotopic (exact) mass is 420 g/mol. The van der Waals surface area contributed by atoms with Crippen LogP contribution in [0.25, 0.3) is 10.8 Å². The molecule has 1 aliphatic heterocycles. The first-order valence-electron chi connectivity index (χ1n) is 9.73. The Kier molecular flexibility index (Phi) is 6.32. The van der Waals surface area contributed by atoms with Gasteiger partial charge in [-0.3, -0.25) is 4.79 Å². The number of carbonyl (C=O) groups is 1. The lowest BCUT2D eigenvalue weighted by molar-refractivity contribution is -0.122. The zero-order valence-corrected chi connectivity index (χ0v) is 17.7. The second-order valence-electron chi connectivity index (χ2n) is 7.04. The molecule has 1 amide bonds. The molecule has 0 saturated carbocycles. The van der Waals surface area contributed by atoms with E-state index in [-0.39, 0.29) is 11.9 Å². The van der Waals surface area contributed by atoms with Gasteiger partial charge in [0.1, 0.15) is 11.8 Å². The first kappa shape index (κ1) is 20.4. The minimum Gasteiger partial charge on any atom is -0.496 e.